The highest BCUT2D eigenvalue weighted by Crippen LogP contribution is 2.23. The molecule has 0 aliphatic heterocycles. The number of ether oxygens (including phenoxy) is 2. The summed E-state index contributed by atoms with van der Waals surface area (Å²) in [4.78, 5) is 0. The molecule has 0 aromatic heterocycles. The standard InChI is InChI=1S/C9H10Cl2O2/c1-2-12-6-13-9-4-7(10)3-8(11)5-9/h3-5H,2,6H2,1H3. The summed E-state index contributed by atoms with van der Waals surface area (Å²) in [7, 11) is 0. The predicted octanol–water partition coefficient (Wildman–Crippen LogP) is 3.37. The zero-order chi connectivity index (χ0) is 9.68. The summed E-state index contributed by atoms with van der Waals surface area (Å²) >= 11 is 11.5. The highest BCUT2D eigenvalue weighted by molar-refractivity contribution is 6.34. The second-order valence-electron chi connectivity index (χ2n) is 2.36. The van der Waals surface area contributed by atoms with Gasteiger partial charge in [0.15, 0.2) is 6.79 Å². The van der Waals surface area contributed by atoms with E-state index in [1.807, 2.05) is 6.92 Å². The van der Waals surface area contributed by atoms with Gasteiger partial charge in [0.2, 0.25) is 0 Å². The molecule has 0 bridgehead atoms. The van der Waals surface area contributed by atoms with E-state index in [1.165, 1.54) is 0 Å². The summed E-state index contributed by atoms with van der Waals surface area (Å²) < 4.78 is 10.2. The Balaban J connectivity index is 2.56. The smallest absolute Gasteiger partial charge is 0.189 e. The van der Waals surface area contributed by atoms with Crippen molar-refractivity contribution in [2.24, 2.45) is 0 Å². The van der Waals surface area contributed by atoms with Crippen LogP contribution in [0.25, 0.3) is 0 Å². The van der Waals surface area contributed by atoms with Crippen LogP contribution >= 0.6 is 23.2 Å². The Bertz CT molecular complexity index is 256. The summed E-state index contributed by atoms with van der Waals surface area (Å²) in [5.74, 6) is 0.617. The average Bonchev–Trinajstić information content (AvgIpc) is 2.03. The van der Waals surface area contributed by atoms with Crippen LogP contribution in [0.3, 0.4) is 0 Å². The first-order valence-electron chi connectivity index (χ1n) is 3.89. The Morgan fingerprint density at radius 3 is 2.31 bits per heavy atom. The van der Waals surface area contributed by atoms with Crippen LogP contribution in [0.4, 0.5) is 0 Å². The first-order chi connectivity index (χ1) is 6.22. The van der Waals surface area contributed by atoms with Crippen molar-refractivity contribution >= 4 is 23.2 Å². The zero-order valence-corrected chi connectivity index (χ0v) is 8.73. The number of benzene rings is 1. The van der Waals surface area contributed by atoms with E-state index in [0.717, 1.165) is 0 Å². The van der Waals surface area contributed by atoms with Gasteiger partial charge in [-0.1, -0.05) is 23.2 Å². The van der Waals surface area contributed by atoms with E-state index < -0.39 is 0 Å². The van der Waals surface area contributed by atoms with Gasteiger partial charge in [0.25, 0.3) is 0 Å². The van der Waals surface area contributed by atoms with E-state index in [2.05, 4.69) is 0 Å². The number of hydrogen-bond acceptors (Lipinski definition) is 2. The molecule has 0 radical (unpaired) electrons. The Labute approximate surface area is 87.4 Å². The van der Waals surface area contributed by atoms with Crippen LogP contribution in [0.1, 0.15) is 6.92 Å². The van der Waals surface area contributed by atoms with Gasteiger partial charge in [-0.3, -0.25) is 0 Å². The Hall–Kier alpha value is -0.440. The second kappa shape index (κ2) is 5.32. The topological polar surface area (TPSA) is 18.5 Å². The molecule has 0 unspecified atom stereocenters. The maximum absolute atomic E-state index is 5.76. The van der Waals surface area contributed by atoms with Crippen molar-refractivity contribution in [3.8, 4) is 5.75 Å². The first kappa shape index (κ1) is 10.6. The molecule has 1 aromatic carbocycles. The summed E-state index contributed by atoms with van der Waals surface area (Å²) in [6.07, 6.45) is 0. The lowest BCUT2D eigenvalue weighted by Crippen LogP contribution is -2.01. The van der Waals surface area contributed by atoms with Crippen molar-refractivity contribution in [3.63, 3.8) is 0 Å². The van der Waals surface area contributed by atoms with Crippen molar-refractivity contribution in [2.75, 3.05) is 13.4 Å². The molecule has 0 fully saturated rings. The molecule has 0 saturated heterocycles. The third kappa shape index (κ3) is 3.85. The summed E-state index contributed by atoms with van der Waals surface area (Å²) in [5.41, 5.74) is 0. The second-order valence-corrected chi connectivity index (χ2v) is 3.23. The van der Waals surface area contributed by atoms with Crippen LogP contribution in [0.5, 0.6) is 5.75 Å². The van der Waals surface area contributed by atoms with E-state index in [1.54, 1.807) is 18.2 Å². The van der Waals surface area contributed by atoms with Gasteiger partial charge in [-0.05, 0) is 25.1 Å². The monoisotopic (exact) mass is 220 g/mol. The van der Waals surface area contributed by atoms with Crippen LogP contribution in [0, 0.1) is 0 Å². The molecule has 0 saturated carbocycles. The minimum atomic E-state index is 0.215. The van der Waals surface area contributed by atoms with Crippen LogP contribution in [-0.4, -0.2) is 13.4 Å². The largest absolute Gasteiger partial charge is 0.467 e. The quantitative estimate of drug-likeness (QED) is 0.573. The summed E-state index contributed by atoms with van der Waals surface area (Å²) in [6, 6.07) is 5.02. The van der Waals surface area contributed by atoms with Gasteiger partial charge >= 0.3 is 0 Å². The van der Waals surface area contributed by atoms with Crippen molar-refractivity contribution in [1.82, 2.24) is 0 Å². The number of hydrogen-bond donors (Lipinski definition) is 0. The lowest BCUT2D eigenvalue weighted by Gasteiger charge is -2.06. The number of rotatable bonds is 4. The predicted molar refractivity (Wildman–Crippen MR) is 53.6 cm³/mol. The minimum Gasteiger partial charge on any atom is -0.467 e. The normalized spacial score (nSPS) is 10.1. The molecular formula is C9H10Cl2O2. The van der Waals surface area contributed by atoms with Gasteiger partial charge < -0.3 is 9.47 Å². The highest BCUT2D eigenvalue weighted by Gasteiger charge is 1.98. The van der Waals surface area contributed by atoms with Gasteiger partial charge in [-0.25, -0.2) is 0 Å². The third-order valence-electron chi connectivity index (χ3n) is 1.35. The van der Waals surface area contributed by atoms with E-state index in [-0.39, 0.29) is 6.79 Å². The van der Waals surface area contributed by atoms with Gasteiger partial charge in [-0.2, -0.15) is 0 Å². The molecule has 1 rings (SSSR count). The SMILES string of the molecule is CCOCOc1cc(Cl)cc(Cl)c1. The maximum Gasteiger partial charge on any atom is 0.189 e. The van der Waals surface area contributed by atoms with E-state index in [4.69, 9.17) is 32.7 Å². The molecule has 1 aromatic rings. The Morgan fingerprint density at radius 2 is 1.77 bits per heavy atom. The molecule has 13 heavy (non-hydrogen) atoms. The maximum atomic E-state index is 5.76. The number of halogens is 2. The molecule has 0 heterocycles. The van der Waals surface area contributed by atoms with E-state index in [9.17, 15) is 0 Å². The molecule has 0 atom stereocenters. The Kier molecular flexibility index (Phi) is 4.36. The van der Waals surface area contributed by atoms with Crippen molar-refractivity contribution in [3.05, 3.63) is 28.2 Å². The van der Waals surface area contributed by atoms with Crippen LogP contribution < -0.4 is 4.74 Å². The first-order valence-corrected chi connectivity index (χ1v) is 4.64. The molecular weight excluding hydrogens is 211 g/mol. The molecule has 72 valence electrons. The van der Waals surface area contributed by atoms with Crippen molar-refractivity contribution in [2.45, 2.75) is 6.92 Å². The van der Waals surface area contributed by atoms with Crippen LogP contribution in [0.15, 0.2) is 18.2 Å². The van der Waals surface area contributed by atoms with E-state index in [0.29, 0.717) is 22.4 Å². The lowest BCUT2D eigenvalue weighted by molar-refractivity contribution is 0.0224. The van der Waals surface area contributed by atoms with Gasteiger partial charge in [0.05, 0.1) is 0 Å². The summed E-state index contributed by atoms with van der Waals surface area (Å²) in [6.45, 7) is 2.73. The zero-order valence-electron chi connectivity index (χ0n) is 7.22. The summed E-state index contributed by atoms with van der Waals surface area (Å²) in [5, 5.41) is 1.11. The van der Waals surface area contributed by atoms with Gasteiger partial charge in [-0.15, -0.1) is 0 Å². The minimum absolute atomic E-state index is 0.215. The van der Waals surface area contributed by atoms with Crippen molar-refractivity contribution < 1.29 is 9.47 Å². The van der Waals surface area contributed by atoms with Gasteiger partial charge in [0.1, 0.15) is 5.75 Å². The molecule has 0 spiro atoms. The lowest BCUT2D eigenvalue weighted by atomic mass is 10.3. The fourth-order valence-electron chi connectivity index (χ4n) is 0.805. The molecule has 4 heteroatoms. The fourth-order valence-corrected chi connectivity index (χ4v) is 1.31. The highest BCUT2D eigenvalue weighted by atomic mass is 35.5. The third-order valence-corrected chi connectivity index (χ3v) is 1.79. The van der Waals surface area contributed by atoms with Crippen LogP contribution in [0.2, 0.25) is 10.0 Å². The molecule has 2 nitrogen and oxygen atoms in total. The van der Waals surface area contributed by atoms with E-state index >= 15 is 0 Å². The molecule has 0 amide bonds. The Morgan fingerprint density at radius 1 is 1.15 bits per heavy atom. The fraction of sp³-hybridized carbons (Fsp3) is 0.333. The average molecular weight is 221 g/mol. The molecule has 0 N–H and O–H groups in total. The van der Waals surface area contributed by atoms with Crippen LogP contribution in [-0.2, 0) is 4.74 Å². The van der Waals surface area contributed by atoms with Gasteiger partial charge in [0, 0.05) is 16.7 Å². The van der Waals surface area contributed by atoms with Crippen molar-refractivity contribution in [1.29, 1.82) is 0 Å². The molecule has 0 aliphatic rings. The molecule has 0 aliphatic carbocycles.